The maximum Gasteiger partial charge on any atom is 0.521 e. The predicted molar refractivity (Wildman–Crippen MR) is 44.3 cm³/mol. The van der Waals surface area contributed by atoms with Crippen LogP contribution in [0.15, 0.2) is 0 Å². The molecule has 3 heterocycles. The van der Waals surface area contributed by atoms with Crippen LogP contribution in [0.1, 0.15) is 0 Å². The zero-order valence-corrected chi connectivity index (χ0v) is 8.80. The summed E-state index contributed by atoms with van der Waals surface area (Å²) in [5.74, 6) is 0. The van der Waals surface area contributed by atoms with Crippen LogP contribution in [0.5, 0.6) is 0 Å². The molecule has 11 nitrogen and oxygen atoms in total. The van der Waals surface area contributed by atoms with E-state index in [1.807, 2.05) is 0 Å². The second kappa shape index (κ2) is 3.98. The lowest BCUT2D eigenvalue weighted by Gasteiger charge is -2.16. The summed E-state index contributed by atoms with van der Waals surface area (Å²) in [7, 11) is 0. The second-order valence-electron chi connectivity index (χ2n) is 3.48. The molecule has 3 aliphatic rings. The van der Waals surface area contributed by atoms with E-state index in [1.54, 1.807) is 0 Å². The lowest BCUT2D eigenvalue weighted by molar-refractivity contribution is -0.181. The number of carbonyl (C=O) groups excluding carboxylic acids is 4. The molecule has 102 valence electrons. The predicted octanol–water partition coefficient (Wildman–Crippen LogP) is 0.0128. The number of carbonyl (C=O) groups is 4. The van der Waals surface area contributed by atoms with Crippen LogP contribution in [0, 0.1) is 0 Å². The van der Waals surface area contributed by atoms with Gasteiger partial charge in [0.2, 0.25) is 12.2 Å². The summed E-state index contributed by atoms with van der Waals surface area (Å²) < 4.78 is 31.4. The Morgan fingerprint density at radius 2 is 0.947 bits per heavy atom. The summed E-state index contributed by atoms with van der Waals surface area (Å²) in [5, 5.41) is 0. The van der Waals surface area contributed by atoms with E-state index in [2.05, 4.69) is 28.4 Å². The minimum absolute atomic E-state index is 1.35. The summed E-state index contributed by atoms with van der Waals surface area (Å²) in [4.78, 5) is 44.1. The Bertz CT molecular complexity index is 427. The monoisotopic (exact) mass is 276 g/mol. The van der Waals surface area contributed by atoms with Crippen molar-refractivity contribution in [3.05, 3.63) is 0 Å². The van der Waals surface area contributed by atoms with E-state index in [0.717, 1.165) is 0 Å². The third-order valence-electron chi connectivity index (χ3n) is 2.35. The van der Waals surface area contributed by atoms with E-state index in [9.17, 15) is 19.2 Å². The van der Waals surface area contributed by atoms with Crippen molar-refractivity contribution in [2.75, 3.05) is 0 Å². The zero-order valence-electron chi connectivity index (χ0n) is 8.80. The number of hydrogen-bond donors (Lipinski definition) is 0. The Balaban J connectivity index is 1.86. The molecule has 3 saturated heterocycles. The Labute approximate surface area is 103 Å². The first-order valence-corrected chi connectivity index (χ1v) is 4.86. The van der Waals surface area contributed by atoms with Gasteiger partial charge in [-0.3, -0.25) is 4.74 Å². The molecule has 0 saturated carbocycles. The number of hydrogen-bond acceptors (Lipinski definition) is 11. The molecule has 11 heteroatoms. The maximum atomic E-state index is 11.1. The van der Waals surface area contributed by atoms with Gasteiger partial charge in [0, 0.05) is 0 Å². The average Bonchev–Trinajstić information content (AvgIpc) is 2.44. The Kier molecular flexibility index (Phi) is 2.41. The Morgan fingerprint density at radius 1 is 0.579 bits per heavy atom. The first-order chi connectivity index (χ1) is 9.02. The molecule has 0 bridgehead atoms. The lowest BCUT2D eigenvalue weighted by Crippen LogP contribution is -2.39. The van der Waals surface area contributed by atoms with Crippen molar-refractivity contribution in [3.8, 4) is 0 Å². The van der Waals surface area contributed by atoms with Gasteiger partial charge in [-0.05, 0) is 0 Å². The fourth-order valence-electron chi connectivity index (χ4n) is 1.68. The molecule has 3 rings (SSSR count). The van der Waals surface area contributed by atoms with Gasteiger partial charge in [-0.2, -0.15) is 0 Å². The molecule has 0 spiro atoms. The molecule has 0 amide bonds. The van der Waals surface area contributed by atoms with Crippen LogP contribution < -0.4 is 0 Å². The molecule has 0 aliphatic carbocycles. The molecule has 0 N–H and O–H groups in total. The molecular weight excluding hydrogens is 272 g/mol. The van der Waals surface area contributed by atoms with Gasteiger partial charge in [0.15, 0.2) is 0 Å². The van der Waals surface area contributed by atoms with Crippen LogP contribution in [-0.2, 0) is 33.2 Å². The standard InChI is InChI=1S/C8H4O11/c9-5-13-1-2-4(15-3(1)16-7(11)18-5)17-8(12)19-6(10)14-2/h1-4H. The van der Waals surface area contributed by atoms with Crippen molar-refractivity contribution < 1.29 is 52.3 Å². The minimum atomic E-state index is -1.44. The number of cyclic esters (lactones) is 4. The summed E-state index contributed by atoms with van der Waals surface area (Å²) in [6.07, 6.45) is -11.0. The maximum absolute atomic E-state index is 11.1. The van der Waals surface area contributed by atoms with Crippen molar-refractivity contribution in [3.63, 3.8) is 0 Å². The van der Waals surface area contributed by atoms with Crippen molar-refractivity contribution in [1.29, 1.82) is 0 Å². The summed E-state index contributed by atoms with van der Waals surface area (Å²) in [5.41, 5.74) is 0. The SMILES string of the molecule is O=C1OC(=O)OC2C(O1)OC1OC(=O)OC(=O)OC12. The third-order valence-corrected chi connectivity index (χ3v) is 2.35. The first kappa shape index (κ1) is 11.5. The highest BCUT2D eigenvalue weighted by Crippen LogP contribution is 2.32. The van der Waals surface area contributed by atoms with Crippen molar-refractivity contribution in [1.82, 2.24) is 0 Å². The highest BCUT2D eigenvalue weighted by atomic mass is 16.9. The van der Waals surface area contributed by atoms with E-state index < -0.39 is 49.4 Å². The van der Waals surface area contributed by atoms with E-state index in [1.165, 1.54) is 0 Å². The summed E-state index contributed by atoms with van der Waals surface area (Å²) >= 11 is 0. The number of fused-ring (bicyclic) bond motifs is 3. The van der Waals surface area contributed by atoms with E-state index >= 15 is 0 Å². The van der Waals surface area contributed by atoms with Crippen LogP contribution >= 0.6 is 0 Å². The quantitative estimate of drug-likeness (QED) is 0.336. The van der Waals surface area contributed by atoms with E-state index in [4.69, 9.17) is 4.74 Å². The molecule has 4 unspecified atom stereocenters. The molecule has 4 atom stereocenters. The van der Waals surface area contributed by atoms with Crippen molar-refractivity contribution in [2.45, 2.75) is 24.8 Å². The molecular formula is C8H4O11. The van der Waals surface area contributed by atoms with Gasteiger partial charge in [-0.25, -0.2) is 19.2 Å². The molecule has 0 radical (unpaired) electrons. The van der Waals surface area contributed by atoms with Gasteiger partial charge in [0.25, 0.3) is 12.6 Å². The topological polar surface area (TPSA) is 133 Å². The Morgan fingerprint density at radius 3 is 1.37 bits per heavy atom. The average molecular weight is 276 g/mol. The lowest BCUT2D eigenvalue weighted by atomic mass is 10.2. The van der Waals surface area contributed by atoms with Crippen LogP contribution in [0.25, 0.3) is 0 Å². The summed E-state index contributed by atoms with van der Waals surface area (Å²) in [6.45, 7) is 0. The van der Waals surface area contributed by atoms with Gasteiger partial charge in [-0.1, -0.05) is 0 Å². The fourth-order valence-corrected chi connectivity index (χ4v) is 1.68. The van der Waals surface area contributed by atoms with Gasteiger partial charge in [0.1, 0.15) is 0 Å². The van der Waals surface area contributed by atoms with Crippen molar-refractivity contribution >= 4 is 24.6 Å². The zero-order chi connectivity index (χ0) is 13.6. The highest BCUT2D eigenvalue weighted by molar-refractivity contribution is 5.79. The largest absolute Gasteiger partial charge is 0.521 e. The smallest absolute Gasteiger partial charge is 0.420 e. The van der Waals surface area contributed by atoms with Crippen LogP contribution in [-0.4, -0.2) is 49.4 Å². The first-order valence-electron chi connectivity index (χ1n) is 4.86. The number of rotatable bonds is 0. The second-order valence-corrected chi connectivity index (χ2v) is 3.48. The molecule has 3 fully saturated rings. The normalized spacial score (nSPS) is 37.1. The third kappa shape index (κ3) is 1.99. The van der Waals surface area contributed by atoms with E-state index in [0.29, 0.717) is 0 Å². The molecule has 0 aromatic heterocycles. The van der Waals surface area contributed by atoms with Crippen LogP contribution in [0.4, 0.5) is 19.2 Å². The van der Waals surface area contributed by atoms with Gasteiger partial charge in [0.05, 0.1) is 0 Å². The van der Waals surface area contributed by atoms with Crippen LogP contribution in [0.2, 0.25) is 0 Å². The van der Waals surface area contributed by atoms with Gasteiger partial charge < -0.3 is 28.4 Å². The minimum Gasteiger partial charge on any atom is -0.420 e. The molecule has 19 heavy (non-hydrogen) atoms. The number of ether oxygens (including phenoxy) is 7. The highest BCUT2D eigenvalue weighted by Gasteiger charge is 2.57. The summed E-state index contributed by atoms with van der Waals surface area (Å²) in [6, 6.07) is 0. The van der Waals surface area contributed by atoms with Crippen LogP contribution in [0.3, 0.4) is 0 Å². The Hall–Kier alpha value is -2.56. The fraction of sp³-hybridized carbons (Fsp3) is 0.500. The molecule has 3 aliphatic heterocycles. The molecule has 0 aromatic rings. The van der Waals surface area contributed by atoms with Gasteiger partial charge >= 0.3 is 24.6 Å². The van der Waals surface area contributed by atoms with Gasteiger partial charge in [-0.15, -0.1) is 0 Å². The van der Waals surface area contributed by atoms with E-state index in [-0.39, 0.29) is 0 Å². The molecule has 0 aromatic carbocycles. The van der Waals surface area contributed by atoms with Crippen molar-refractivity contribution in [2.24, 2.45) is 0 Å².